The lowest BCUT2D eigenvalue weighted by Crippen LogP contribution is -2.49. The molecule has 3 aliphatic rings. The van der Waals surface area contributed by atoms with Crippen LogP contribution in [0.4, 0.5) is 13.2 Å². The molecule has 136 valence electrons. The molecule has 0 amide bonds. The van der Waals surface area contributed by atoms with Gasteiger partial charge in [0, 0.05) is 29.9 Å². The van der Waals surface area contributed by atoms with Gasteiger partial charge in [-0.1, -0.05) is 24.3 Å². The summed E-state index contributed by atoms with van der Waals surface area (Å²) in [5.41, 5.74) is 1.34. The summed E-state index contributed by atoms with van der Waals surface area (Å²) in [7, 11) is 0. The molecule has 2 bridgehead atoms. The molecule has 3 fully saturated rings. The third-order valence-electron chi connectivity index (χ3n) is 5.30. The molecule has 26 heavy (non-hydrogen) atoms. The van der Waals surface area contributed by atoms with E-state index in [-0.39, 0.29) is 30.0 Å². The Hall–Kier alpha value is -2.27. The monoisotopic (exact) mass is 359 g/mol. The zero-order chi connectivity index (χ0) is 18.1. The van der Waals surface area contributed by atoms with Crippen LogP contribution in [0.2, 0.25) is 0 Å². The Morgan fingerprint density at radius 2 is 1.58 bits per heavy atom. The smallest absolute Gasteiger partial charge is 0.131 e. The molecule has 3 aliphatic heterocycles. The number of fused-ring (bicyclic) bond motifs is 3. The molecule has 1 atom stereocenters. The van der Waals surface area contributed by atoms with Crippen molar-refractivity contribution in [3.05, 3.63) is 76.7 Å². The van der Waals surface area contributed by atoms with E-state index in [1.807, 2.05) is 6.08 Å². The summed E-state index contributed by atoms with van der Waals surface area (Å²) in [6.07, 6.45) is 3.47. The van der Waals surface area contributed by atoms with E-state index in [1.54, 1.807) is 18.2 Å². The number of nitrogens with zero attached hydrogens (tertiary/aromatic N) is 1. The first-order valence-electron chi connectivity index (χ1n) is 8.89. The van der Waals surface area contributed by atoms with Crippen LogP contribution in [0.25, 0.3) is 6.08 Å². The Labute approximate surface area is 150 Å². The van der Waals surface area contributed by atoms with Gasteiger partial charge in [-0.25, -0.2) is 13.2 Å². The predicted molar refractivity (Wildman–Crippen MR) is 93.6 cm³/mol. The highest BCUT2D eigenvalue weighted by molar-refractivity contribution is 5.54. The van der Waals surface area contributed by atoms with Gasteiger partial charge in [0.1, 0.15) is 23.6 Å². The number of piperidine rings is 3. The molecule has 2 aromatic rings. The molecule has 0 spiro atoms. The Bertz CT molecular complexity index is 808. The van der Waals surface area contributed by atoms with Crippen molar-refractivity contribution in [3.8, 4) is 0 Å². The van der Waals surface area contributed by atoms with Crippen LogP contribution in [0, 0.1) is 23.4 Å². The molecule has 0 N–H and O–H groups in total. The van der Waals surface area contributed by atoms with E-state index in [0.29, 0.717) is 5.56 Å². The first-order valence-corrected chi connectivity index (χ1v) is 8.89. The number of hydrogen-bond acceptors (Lipinski definition) is 2. The maximum atomic E-state index is 14.1. The average molecular weight is 359 g/mol. The summed E-state index contributed by atoms with van der Waals surface area (Å²) in [6.45, 7) is 1.67. The van der Waals surface area contributed by atoms with Crippen molar-refractivity contribution in [2.75, 3.05) is 13.1 Å². The van der Waals surface area contributed by atoms with Crippen molar-refractivity contribution in [3.63, 3.8) is 0 Å². The van der Waals surface area contributed by atoms with Gasteiger partial charge < -0.3 is 9.64 Å². The van der Waals surface area contributed by atoms with Crippen LogP contribution in [-0.2, 0) is 11.3 Å². The second kappa shape index (κ2) is 7.16. The van der Waals surface area contributed by atoms with Crippen LogP contribution >= 0.6 is 0 Å². The number of halogens is 3. The van der Waals surface area contributed by atoms with Gasteiger partial charge in [0.25, 0.3) is 0 Å². The summed E-state index contributed by atoms with van der Waals surface area (Å²) < 4.78 is 47.8. The van der Waals surface area contributed by atoms with E-state index >= 15 is 0 Å². The molecule has 0 aliphatic carbocycles. The highest BCUT2D eigenvalue weighted by atomic mass is 19.1. The molecule has 3 heterocycles. The fourth-order valence-electron chi connectivity index (χ4n) is 3.87. The summed E-state index contributed by atoms with van der Waals surface area (Å²) in [4.78, 5) is 2.19. The molecule has 2 nitrogen and oxygen atoms in total. The van der Waals surface area contributed by atoms with E-state index in [4.69, 9.17) is 4.74 Å². The van der Waals surface area contributed by atoms with E-state index < -0.39 is 11.6 Å². The molecule has 0 saturated carbocycles. The molecule has 1 unspecified atom stereocenters. The van der Waals surface area contributed by atoms with Gasteiger partial charge in [0.15, 0.2) is 0 Å². The third kappa shape index (κ3) is 3.23. The minimum Gasteiger partial charge on any atom is -0.373 e. The van der Waals surface area contributed by atoms with Crippen LogP contribution in [0.1, 0.15) is 24.0 Å². The quantitative estimate of drug-likeness (QED) is 0.781. The van der Waals surface area contributed by atoms with Crippen LogP contribution < -0.4 is 0 Å². The lowest BCUT2D eigenvalue weighted by Gasteiger charge is -2.47. The zero-order valence-corrected chi connectivity index (χ0v) is 14.3. The summed E-state index contributed by atoms with van der Waals surface area (Å²) in [5, 5.41) is 0. The normalized spacial score (nSPS) is 23.7. The Morgan fingerprint density at radius 3 is 2.27 bits per heavy atom. The lowest BCUT2D eigenvalue weighted by molar-refractivity contribution is -0.0435. The summed E-state index contributed by atoms with van der Waals surface area (Å²) in [6, 6.07) is 10.4. The standard InChI is InChI=1S/C21H20F3NO/c22-17-5-2-1-4-15(17)12-20-21(14-8-10-25(20)11-9-14)26-13-16-18(23)6-3-7-19(16)24/h1-7,12,14,21H,8-11,13H2. The second-order valence-corrected chi connectivity index (χ2v) is 6.85. The van der Waals surface area contributed by atoms with Crippen LogP contribution in [0.3, 0.4) is 0 Å². The van der Waals surface area contributed by atoms with Gasteiger partial charge >= 0.3 is 0 Å². The van der Waals surface area contributed by atoms with Gasteiger partial charge in [0.05, 0.1) is 6.61 Å². The third-order valence-corrected chi connectivity index (χ3v) is 5.30. The van der Waals surface area contributed by atoms with Gasteiger partial charge in [-0.2, -0.15) is 0 Å². The molecule has 3 saturated heterocycles. The highest BCUT2D eigenvalue weighted by Crippen LogP contribution is 2.38. The molecule has 5 heteroatoms. The van der Waals surface area contributed by atoms with Crippen molar-refractivity contribution in [1.82, 2.24) is 4.90 Å². The molecule has 5 rings (SSSR count). The van der Waals surface area contributed by atoms with Crippen molar-refractivity contribution < 1.29 is 17.9 Å². The van der Waals surface area contributed by atoms with Crippen molar-refractivity contribution in [1.29, 1.82) is 0 Å². The highest BCUT2D eigenvalue weighted by Gasteiger charge is 2.38. The second-order valence-electron chi connectivity index (χ2n) is 6.85. The molecular weight excluding hydrogens is 339 g/mol. The minimum absolute atomic E-state index is 0.0609. The van der Waals surface area contributed by atoms with Crippen LogP contribution in [0.15, 0.2) is 48.2 Å². The lowest BCUT2D eigenvalue weighted by atomic mass is 9.82. The number of benzene rings is 2. The SMILES string of the molecule is Fc1ccccc1C=C1C(OCc2c(F)cccc2F)C2CCN1CC2. The van der Waals surface area contributed by atoms with Crippen LogP contribution in [-0.4, -0.2) is 24.1 Å². The number of rotatable bonds is 4. The van der Waals surface area contributed by atoms with Gasteiger partial charge in [-0.3, -0.25) is 0 Å². The molecule has 2 aromatic carbocycles. The van der Waals surface area contributed by atoms with Gasteiger partial charge in [0.2, 0.25) is 0 Å². The molecular formula is C21H20F3NO. The largest absolute Gasteiger partial charge is 0.373 e. The van der Waals surface area contributed by atoms with Gasteiger partial charge in [-0.15, -0.1) is 0 Å². The zero-order valence-electron chi connectivity index (χ0n) is 14.3. The number of ether oxygens (including phenoxy) is 1. The summed E-state index contributed by atoms with van der Waals surface area (Å²) >= 11 is 0. The topological polar surface area (TPSA) is 12.5 Å². The average Bonchev–Trinajstić information content (AvgIpc) is 2.65. The molecule has 0 aromatic heterocycles. The molecule has 0 radical (unpaired) electrons. The maximum Gasteiger partial charge on any atom is 0.131 e. The first kappa shape index (κ1) is 17.2. The Kier molecular flexibility index (Phi) is 4.72. The fraction of sp³-hybridized carbons (Fsp3) is 0.333. The predicted octanol–water partition coefficient (Wildman–Crippen LogP) is 4.76. The first-order chi connectivity index (χ1) is 12.6. The van der Waals surface area contributed by atoms with Crippen molar-refractivity contribution in [2.45, 2.75) is 25.6 Å². The Morgan fingerprint density at radius 1 is 0.923 bits per heavy atom. The fourth-order valence-corrected chi connectivity index (χ4v) is 3.87. The van der Waals surface area contributed by atoms with E-state index in [1.165, 1.54) is 24.3 Å². The van der Waals surface area contributed by atoms with E-state index in [9.17, 15) is 13.2 Å². The summed E-state index contributed by atoms with van der Waals surface area (Å²) in [5.74, 6) is -1.22. The minimum atomic E-state index is -0.606. The van der Waals surface area contributed by atoms with Crippen molar-refractivity contribution >= 4 is 6.08 Å². The van der Waals surface area contributed by atoms with E-state index in [2.05, 4.69) is 4.90 Å². The van der Waals surface area contributed by atoms with E-state index in [0.717, 1.165) is 31.6 Å². The van der Waals surface area contributed by atoms with Crippen LogP contribution in [0.5, 0.6) is 0 Å². The van der Waals surface area contributed by atoms with Crippen molar-refractivity contribution in [2.24, 2.45) is 5.92 Å². The number of hydrogen-bond donors (Lipinski definition) is 0. The Balaban J connectivity index is 1.61. The maximum absolute atomic E-state index is 14.1. The van der Waals surface area contributed by atoms with Gasteiger partial charge in [-0.05, 0) is 43.0 Å².